The number of nitrogens with zero attached hydrogens (tertiary/aromatic N) is 2. The first-order chi connectivity index (χ1) is 22.3. The van der Waals surface area contributed by atoms with Crippen molar-refractivity contribution in [3.8, 4) is 0 Å². The van der Waals surface area contributed by atoms with Crippen LogP contribution in [0.5, 0.6) is 0 Å². The van der Waals surface area contributed by atoms with Gasteiger partial charge in [-0.05, 0) is 68.7 Å². The van der Waals surface area contributed by atoms with E-state index in [2.05, 4.69) is 5.32 Å². The molecule has 8 atom stereocenters. The Morgan fingerprint density at radius 3 is 2.46 bits per heavy atom. The summed E-state index contributed by atoms with van der Waals surface area (Å²) in [6.07, 6.45) is 1.67. The topological polar surface area (TPSA) is 155 Å². The van der Waals surface area contributed by atoms with Gasteiger partial charge in [0, 0.05) is 40.2 Å². The molecule has 0 radical (unpaired) electrons. The normalized spacial score (nSPS) is 32.6. The molecule has 48 heavy (non-hydrogen) atoms. The second kappa shape index (κ2) is 15.7. The van der Waals surface area contributed by atoms with Gasteiger partial charge in [0.2, 0.25) is 11.8 Å². The van der Waals surface area contributed by atoms with Gasteiger partial charge >= 0.3 is 12.1 Å². The van der Waals surface area contributed by atoms with Gasteiger partial charge in [-0.2, -0.15) is 0 Å². The van der Waals surface area contributed by atoms with Crippen molar-refractivity contribution in [3.63, 3.8) is 0 Å². The van der Waals surface area contributed by atoms with Crippen molar-refractivity contribution in [2.45, 2.75) is 110 Å². The summed E-state index contributed by atoms with van der Waals surface area (Å²) in [6, 6.07) is 4.88. The number of anilines is 1. The minimum absolute atomic E-state index is 0.0789. The lowest BCUT2D eigenvalue weighted by Gasteiger charge is -2.46. The Labute approximate surface area is 284 Å². The molecule has 0 spiro atoms. The standard InChI is InChI=1S/C36H53N3O9/c1-11-28(38(8)25(6)40)33(42)48-31-19-32(41)39(9)27-17-22(3)16-26(18-27)15-21(2)13-12-14-30(46-10)36(45)20-29(47-34(43)37-36)23(4)24(5)35(31,7)44/h12-14,16-18,23-24,28-31,44-45H,11,15,19-20H2,1-10H3,(H,37,43)/b14-12+,21-13+/t23-,24?,28?,29?,30+,31-,35?,36-/m0/s1. The Hall–Kier alpha value is -3.74. The fourth-order valence-corrected chi connectivity index (χ4v) is 6.49. The van der Waals surface area contributed by atoms with Crippen molar-refractivity contribution < 1.29 is 43.6 Å². The van der Waals surface area contributed by atoms with Crippen LogP contribution < -0.4 is 10.2 Å². The minimum Gasteiger partial charge on any atom is -0.457 e. The molecule has 2 aliphatic heterocycles. The van der Waals surface area contributed by atoms with Gasteiger partial charge in [-0.3, -0.25) is 14.9 Å². The van der Waals surface area contributed by atoms with E-state index in [4.69, 9.17) is 14.2 Å². The van der Waals surface area contributed by atoms with Crippen molar-refractivity contribution >= 4 is 29.6 Å². The summed E-state index contributed by atoms with van der Waals surface area (Å²) in [7, 11) is 4.56. The first-order valence-electron chi connectivity index (χ1n) is 16.5. The number of carbonyl (C=O) groups excluding carboxylic acids is 4. The fraction of sp³-hybridized carbons (Fsp3) is 0.611. The summed E-state index contributed by atoms with van der Waals surface area (Å²) in [6.45, 7) is 11.9. The second-order valence-corrected chi connectivity index (χ2v) is 13.6. The highest BCUT2D eigenvalue weighted by molar-refractivity contribution is 5.93. The minimum atomic E-state index is -1.84. The van der Waals surface area contributed by atoms with Crippen LogP contribution in [0.4, 0.5) is 10.5 Å². The molecule has 0 aliphatic carbocycles. The highest BCUT2D eigenvalue weighted by Crippen LogP contribution is 2.38. The molecule has 1 fully saturated rings. The molecular formula is C36H53N3O9. The molecule has 1 saturated heterocycles. The van der Waals surface area contributed by atoms with E-state index >= 15 is 0 Å². The van der Waals surface area contributed by atoms with Crippen LogP contribution in [0.3, 0.4) is 0 Å². The quantitative estimate of drug-likeness (QED) is 0.397. The van der Waals surface area contributed by atoms with Gasteiger partial charge in [-0.25, -0.2) is 9.59 Å². The number of ether oxygens (including phenoxy) is 3. The van der Waals surface area contributed by atoms with Crippen LogP contribution in [0, 0.1) is 18.8 Å². The number of alkyl carbamates (subject to hydrolysis) is 1. The summed E-state index contributed by atoms with van der Waals surface area (Å²) in [5.41, 5.74) is -0.137. The van der Waals surface area contributed by atoms with Crippen molar-refractivity contribution in [2.75, 3.05) is 26.1 Å². The maximum absolute atomic E-state index is 13.9. The van der Waals surface area contributed by atoms with E-state index < -0.39 is 65.5 Å². The molecule has 2 aliphatic rings. The van der Waals surface area contributed by atoms with Gasteiger partial charge in [-0.15, -0.1) is 0 Å². The molecule has 12 nitrogen and oxygen atoms in total. The number of methoxy groups -OCH3 is 1. The third-order valence-corrected chi connectivity index (χ3v) is 10.0. The van der Waals surface area contributed by atoms with Crippen molar-refractivity contribution in [1.82, 2.24) is 10.2 Å². The predicted molar refractivity (Wildman–Crippen MR) is 181 cm³/mol. The van der Waals surface area contributed by atoms with Crippen LogP contribution in [-0.2, 0) is 35.0 Å². The number of carbonyl (C=O) groups is 4. The van der Waals surface area contributed by atoms with Crippen LogP contribution in [0.25, 0.3) is 0 Å². The molecule has 12 heteroatoms. The molecule has 266 valence electrons. The second-order valence-electron chi connectivity index (χ2n) is 13.6. The number of hydrogen-bond acceptors (Lipinski definition) is 9. The van der Waals surface area contributed by atoms with Gasteiger partial charge < -0.3 is 34.2 Å². The Morgan fingerprint density at radius 1 is 1.19 bits per heavy atom. The Bertz CT molecular complexity index is 1420. The monoisotopic (exact) mass is 671 g/mol. The van der Waals surface area contributed by atoms with Crippen LogP contribution in [0.15, 0.2) is 42.0 Å². The molecule has 3 N–H and O–H groups in total. The smallest absolute Gasteiger partial charge is 0.409 e. The molecule has 2 heterocycles. The number of aryl methyl sites for hydroxylation is 1. The SMILES string of the molecule is CCC(C(=O)O[C@H]1CC(=O)N(C)c2cc(C)cc(c2)C/C(C)=C/C=C/[C@@H](OC)[C@@]2(O)CC(OC(=O)N2)[C@@H](C)C(C)C1(C)O)N(C)C(C)=O. The van der Waals surface area contributed by atoms with Crippen molar-refractivity contribution in [3.05, 3.63) is 53.1 Å². The summed E-state index contributed by atoms with van der Waals surface area (Å²) >= 11 is 0. The number of hydrogen-bond donors (Lipinski definition) is 3. The number of rotatable bonds is 5. The lowest BCUT2D eigenvalue weighted by Crippen LogP contribution is -2.64. The Balaban J connectivity index is 2.15. The molecule has 3 amide bonds. The third kappa shape index (κ3) is 8.83. The van der Waals surface area contributed by atoms with Crippen molar-refractivity contribution in [2.24, 2.45) is 11.8 Å². The van der Waals surface area contributed by atoms with Crippen LogP contribution in [-0.4, -0.2) is 95.9 Å². The third-order valence-electron chi connectivity index (χ3n) is 10.0. The van der Waals surface area contributed by atoms with Gasteiger partial charge in [0.15, 0.2) is 5.72 Å². The fourth-order valence-electron chi connectivity index (χ4n) is 6.49. The largest absolute Gasteiger partial charge is 0.457 e. The van der Waals surface area contributed by atoms with E-state index in [1.54, 1.807) is 40.0 Å². The highest BCUT2D eigenvalue weighted by Gasteiger charge is 2.51. The first-order valence-corrected chi connectivity index (χ1v) is 16.5. The van der Waals surface area contributed by atoms with Gasteiger partial charge in [-0.1, -0.05) is 50.6 Å². The summed E-state index contributed by atoms with van der Waals surface area (Å²) in [5, 5.41) is 26.4. The summed E-state index contributed by atoms with van der Waals surface area (Å²) in [4.78, 5) is 55.2. The molecule has 3 rings (SSSR count). The van der Waals surface area contributed by atoms with E-state index in [0.29, 0.717) is 12.1 Å². The summed E-state index contributed by atoms with van der Waals surface area (Å²) < 4.78 is 17.2. The Kier molecular flexibility index (Phi) is 12.6. The number of likely N-dealkylation sites (N-methyl/N-ethyl adjacent to an activating group) is 1. The summed E-state index contributed by atoms with van der Waals surface area (Å²) in [5.74, 6) is -2.84. The van der Waals surface area contributed by atoms with Gasteiger partial charge in [0.1, 0.15) is 30.0 Å². The van der Waals surface area contributed by atoms with Crippen molar-refractivity contribution in [1.29, 1.82) is 0 Å². The molecular weight excluding hydrogens is 618 g/mol. The maximum Gasteiger partial charge on any atom is 0.409 e. The zero-order valence-electron chi connectivity index (χ0n) is 29.9. The Morgan fingerprint density at radius 2 is 1.85 bits per heavy atom. The van der Waals surface area contributed by atoms with E-state index in [-0.39, 0.29) is 25.2 Å². The molecule has 0 aromatic heterocycles. The van der Waals surface area contributed by atoms with E-state index in [1.165, 1.54) is 37.8 Å². The van der Waals surface area contributed by atoms with Gasteiger partial charge in [0.05, 0.1) is 6.42 Å². The van der Waals surface area contributed by atoms with Crippen LogP contribution >= 0.6 is 0 Å². The zero-order valence-corrected chi connectivity index (χ0v) is 29.9. The molecule has 0 saturated carbocycles. The number of benzene rings is 1. The van der Waals surface area contributed by atoms with Gasteiger partial charge in [0.25, 0.3) is 0 Å². The molecule has 1 aromatic rings. The average Bonchev–Trinajstić information content (AvgIpc) is 3.00. The van der Waals surface area contributed by atoms with E-state index in [1.807, 2.05) is 38.1 Å². The number of aliphatic hydroxyl groups is 2. The predicted octanol–water partition coefficient (Wildman–Crippen LogP) is 3.80. The maximum atomic E-state index is 13.9. The molecule has 1 aromatic carbocycles. The van der Waals surface area contributed by atoms with Crippen LogP contribution in [0.2, 0.25) is 0 Å². The lowest BCUT2D eigenvalue weighted by atomic mass is 9.73. The number of nitrogens with one attached hydrogen (secondary N) is 1. The van der Waals surface area contributed by atoms with E-state index in [9.17, 15) is 29.4 Å². The van der Waals surface area contributed by atoms with E-state index in [0.717, 1.165) is 16.7 Å². The number of allylic oxidation sites excluding steroid dienone is 3. The number of fused-ring (bicyclic) bond motifs is 4. The lowest BCUT2D eigenvalue weighted by molar-refractivity contribution is -0.186. The number of amides is 3. The molecule has 4 unspecified atom stereocenters. The zero-order chi connectivity index (χ0) is 36.1. The molecule has 4 bridgehead atoms. The first kappa shape index (κ1) is 38.7. The highest BCUT2D eigenvalue weighted by atomic mass is 16.6. The van der Waals surface area contributed by atoms with Crippen LogP contribution in [0.1, 0.15) is 71.9 Å². The average molecular weight is 672 g/mol. The number of esters is 1.